The highest BCUT2D eigenvalue weighted by Crippen LogP contribution is 2.19. The molecule has 0 saturated carbocycles. The lowest BCUT2D eigenvalue weighted by molar-refractivity contribution is -0.114. The van der Waals surface area contributed by atoms with Crippen molar-refractivity contribution in [1.82, 2.24) is 0 Å². The maximum atomic E-state index is 13.0. The van der Waals surface area contributed by atoms with Crippen LogP contribution in [0.1, 0.15) is 22.8 Å². The summed E-state index contributed by atoms with van der Waals surface area (Å²) in [5.41, 5.74) is 7.00. The number of nitrogens with two attached hydrogens (primary N) is 1. The number of benzene rings is 2. The number of hydrogen-bond acceptors (Lipinski definition) is 3. The van der Waals surface area contributed by atoms with E-state index in [2.05, 4.69) is 5.32 Å². The number of amides is 1. The zero-order chi connectivity index (χ0) is 14.7. The summed E-state index contributed by atoms with van der Waals surface area (Å²) in [5, 5.41) is 2.61. The molecule has 0 spiro atoms. The van der Waals surface area contributed by atoms with Crippen LogP contribution in [0.2, 0.25) is 0 Å². The third-order valence-electron chi connectivity index (χ3n) is 2.73. The molecule has 0 aliphatic heterocycles. The van der Waals surface area contributed by atoms with Crippen LogP contribution >= 0.6 is 0 Å². The fourth-order valence-corrected chi connectivity index (χ4v) is 1.80. The highest BCUT2D eigenvalue weighted by atomic mass is 19.1. The molecule has 0 radical (unpaired) electrons. The maximum Gasteiger partial charge on any atom is 0.221 e. The van der Waals surface area contributed by atoms with Gasteiger partial charge in [0.1, 0.15) is 5.82 Å². The Morgan fingerprint density at radius 1 is 1.10 bits per heavy atom. The highest BCUT2D eigenvalue weighted by molar-refractivity contribution is 6.12. The van der Waals surface area contributed by atoms with Gasteiger partial charge >= 0.3 is 0 Å². The van der Waals surface area contributed by atoms with E-state index in [0.29, 0.717) is 11.3 Å². The Morgan fingerprint density at radius 3 is 2.30 bits per heavy atom. The van der Waals surface area contributed by atoms with Gasteiger partial charge in [-0.1, -0.05) is 0 Å². The molecule has 2 rings (SSSR count). The molecular formula is C15H13FN2O2. The third kappa shape index (κ3) is 3.00. The van der Waals surface area contributed by atoms with E-state index in [4.69, 9.17) is 5.73 Å². The smallest absolute Gasteiger partial charge is 0.221 e. The molecule has 0 aliphatic carbocycles. The zero-order valence-electron chi connectivity index (χ0n) is 10.8. The molecule has 0 fully saturated rings. The molecule has 5 heteroatoms. The van der Waals surface area contributed by atoms with Crippen LogP contribution in [0.4, 0.5) is 15.8 Å². The van der Waals surface area contributed by atoms with Crippen molar-refractivity contribution < 1.29 is 14.0 Å². The normalized spacial score (nSPS) is 10.1. The molecule has 3 N–H and O–H groups in total. The van der Waals surface area contributed by atoms with E-state index in [-0.39, 0.29) is 22.9 Å². The fourth-order valence-electron chi connectivity index (χ4n) is 1.80. The van der Waals surface area contributed by atoms with Crippen LogP contribution in [0.15, 0.2) is 42.5 Å². The topological polar surface area (TPSA) is 72.2 Å². The number of nitrogen functional groups attached to an aromatic ring is 1. The first-order valence-corrected chi connectivity index (χ1v) is 5.95. The summed E-state index contributed by atoms with van der Waals surface area (Å²) < 4.78 is 13.0. The van der Waals surface area contributed by atoms with E-state index >= 15 is 0 Å². The molecule has 0 atom stereocenters. The molecule has 1 amide bonds. The highest BCUT2D eigenvalue weighted by Gasteiger charge is 2.12. The van der Waals surface area contributed by atoms with Gasteiger partial charge in [-0.05, 0) is 42.5 Å². The van der Waals surface area contributed by atoms with Crippen molar-refractivity contribution in [3.05, 3.63) is 59.4 Å². The van der Waals surface area contributed by atoms with Crippen LogP contribution in [-0.4, -0.2) is 11.7 Å². The van der Waals surface area contributed by atoms with E-state index in [0.717, 1.165) is 6.07 Å². The molecule has 0 unspecified atom stereocenters. The van der Waals surface area contributed by atoms with Crippen LogP contribution in [0.5, 0.6) is 0 Å². The SMILES string of the molecule is CC(=O)Nc1ccc(C(=O)c2ccc(F)cc2N)cc1. The maximum absolute atomic E-state index is 13.0. The van der Waals surface area contributed by atoms with E-state index in [9.17, 15) is 14.0 Å². The Bertz CT molecular complexity index is 666. The van der Waals surface area contributed by atoms with Gasteiger partial charge < -0.3 is 11.1 Å². The van der Waals surface area contributed by atoms with E-state index in [1.54, 1.807) is 24.3 Å². The zero-order valence-corrected chi connectivity index (χ0v) is 10.8. The second kappa shape index (κ2) is 5.52. The molecule has 4 nitrogen and oxygen atoms in total. The molecule has 0 heterocycles. The average Bonchev–Trinajstić information content (AvgIpc) is 2.38. The molecule has 0 aliphatic rings. The fraction of sp³-hybridized carbons (Fsp3) is 0.0667. The Hall–Kier alpha value is -2.69. The standard InChI is InChI=1S/C15H13FN2O2/c1-9(19)18-12-5-2-10(3-6-12)15(20)13-7-4-11(16)8-14(13)17/h2-8H,17H2,1H3,(H,18,19). The van der Waals surface area contributed by atoms with Crippen molar-refractivity contribution in [3.63, 3.8) is 0 Å². The third-order valence-corrected chi connectivity index (χ3v) is 2.73. The van der Waals surface area contributed by atoms with Gasteiger partial charge in [-0.3, -0.25) is 9.59 Å². The number of hydrogen-bond donors (Lipinski definition) is 2. The minimum atomic E-state index is -0.486. The monoisotopic (exact) mass is 272 g/mol. The Kier molecular flexibility index (Phi) is 3.79. The summed E-state index contributed by atoms with van der Waals surface area (Å²) in [6.45, 7) is 1.40. The van der Waals surface area contributed by atoms with Crippen LogP contribution in [0.25, 0.3) is 0 Å². The Morgan fingerprint density at radius 2 is 1.75 bits per heavy atom. The van der Waals surface area contributed by atoms with Crippen molar-refractivity contribution in [2.45, 2.75) is 6.92 Å². The molecule has 0 aromatic heterocycles. The number of anilines is 2. The van der Waals surface area contributed by atoms with Crippen LogP contribution in [0.3, 0.4) is 0 Å². The van der Waals surface area contributed by atoms with E-state index in [1.165, 1.54) is 19.1 Å². The Balaban J connectivity index is 2.27. The summed E-state index contributed by atoms with van der Waals surface area (Å²) >= 11 is 0. The predicted molar refractivity (Wildman–Crippen MR) is 75.0 cm³/mol. The summed E-state index contributed by atoms with van der Waals surface area (Å²) in [7, 11) is 0. The lowest BCUT2D eigenvalue weighted by Gasteiger charge is -2.06. The van der Waals surface area contributed by atoms with Gasteiger partial charge in [0.2, 0.25) is 5.91 Å². The van der Waals surface area contributed by atoms with Gasteiger partial charge in [-0.2, -0.15) is 0 Å². The van der Waals surface area contributed by atoms with Gasteiger partial charge in [-0.15, -0.1) is 0 Å². The Labute approximate surface area is 115 Å². The molecule has 0 bridgehead atoms. The van der Waals surface area contributed by atoms with Crippen molar-refractivity contribution in [2.75, 3.05) is 11.1 Å². The predicted octanol–water partition coefficient (Wildman–Crippen LogP) is 2.60. The number of carbonyl (C=O) groups is 2. The number of halogens is 1. The average molecular weight is 272 g/mol. The van der Waals surface area contributed by atoms with Crippen molar-refractivity contribution in [3.8, 4) is 0 Å². The summed E-state index contributed by atoms with van der Waals surface area (Å²) in [4.78, 5) is 23.1. The van der Waals surface area contributed by atoms with Crippen molar-refractivity contribution >= 4 is 23.1 Å². The van der Waals surface area contributed by atoms with Gasteiger partial charge in [0.25, 0.3) is 0 Å². The molecule has 2 aromatic carbocycles. The van der Waals surface area contributed by atoms with E-state index < -0.39 is 5.82 Å². The molecule has 102 valence electrons. The van der Waals surface area contributed by atoms with Gasteiger partial charge in [0.15, 0.2) is 5.78 Å². The number of carbonyl (C=O) groups excluding carboxylic acids is 2. The largest absolute Gasteiger partial charge is 0.398 e. The first-order valence-electron chi connectivity index (χ1n) is 5.95. The van der Waals surface area contributed by atoms with Gasteiger partial charge in [-0.25, -0.2) is 4.39 Å². The van der Waals surface area contributed by atoms with Crippen molar-refractivity contribution in [2.24, 2.45) is 0 Å². The molecular weight excluding hydrogens is 259 g/mol. The number of rotatable bonds is 3. The van der Waals surface area contributed by atoms with Gasteiger partial charge in [0, 0.05) is 29.4 Å². The first-order chi connectivity index (χ1) is 9.47. The molecule has 2 aromatic rings. The summed E-state index contributed by atoms with van der Waals surface area (Å²) in [6, 6.07) is 10.1. The van der Waals surface area contributed by atoms with Crippen LogP contribution in [-0.2, 0) is 4.79 Å². The van der Waals surface area contributed by atoms with Crippen LogP contribution in [0, 0.1) is 5.82 Å². The molecule has 0 saturated heterocycles. The minimum absolute atomic E-state index is 0.0981. The number of ketones is 1. The van der Waals surface area contributed by atoms with E-state index in [1.807, 2.05) is 0 Å². The summed E-state index contributed by atoms with van der Waals surface area (Å²) in [6.07, 6.45) is 0. The molecule has 20 heavy (non-hydrogen) atoms. The van der Waals surface area contributed by atoms with Crippen LogP contribution < -0.4 is 11.1 Å². The second-order valence-corrected chi connectivity index (χ2v) is 4.32. The van der Waals surface area contributed by atoms with Crippen molar-refractivity contribution in [1.29, 1.82) is 0 Å². The first kappa shape index (κ1) is 13.7. The minimum Gasteiger partial charge on any atom is -0.398 e. The lowest BCUT2D eigenvalue weighted by Crippen LogP contribution is -2.08. The summed E-state index contributed by atoms with van der Waals surface area (Å²) in [5.74, 6) is -0.969. The van der Waals surface area contributed by atoms with Gasteiger partial charge in [0.05, 0.1) is 0 Å². The second-order valence-electron chi connectivity index (χ2n) is 4.32. The number of nitrogens with one attached hydrogen (secondary N) is 1. The quantitative estimate of drug-likeness (QED) is 0.666. The lowest BCUT2D eigenvalue weighted by atomic mass is 10.0.